The number of nitrogens with zero attached hydrogens (tertiary/aromatic N) is 1. The predicted molar refractivity (Wildman–Crippen MR) is 59.1 cm³/mol. The van der Waals surface area contributed by atoms with Crippen molar-refractivity contribution in [2.45, 2.75) is 11.3 Å². The number of thioether (sulfide) groups is 1. The topological polar surface area (TPSA) is 61.1 Å². The maximum absolute atomic E-state index is 10.3. The molecule has 3 nitrogen and oxygen atoms in total. The van der Waals surface area contributed by atoms with Gasteiger partial charge in [0.2, 0.25) is 0 Å². The lowest BCUT2D eigenvalue weighted by molar-refractivity contribution is -0.136. The molecule has 0 unspecified atom stereocenters. The van der Waals surface area contributed by atoms with E-state index in [1.165, 1.54) is 11.8 Å². The van der Waals surface area contributed by atoms with Crippen molar-refractivity contribution < 1.29 is 9.90 Å². The van der Waals surface area contributed by atoms with Crippen LogP contribution in [-0.4, -0.2) is 16.8 Å². The van der Waals surface area contributed by atoms with Crippen LogP contribution in [-0.2, 0) is 4.79 Å². The number of nitriles is 1. The van der Waals surface area contributed by atoms with Crippen LogP contribution in [0.5, 0.6) is 0 Å². The van der Waals surface area contributed by atoms with Crippen LogP contribution in [0.3, 0.4) is 0 Å². The van der Waals surface area contributed by atoms with Crippen LogP contribution in [0.4, 0.5) is 0 Å². The van der Waals surface area contributed by atoms with Gasteiger partial charge in [-0.25, -0.2) is 0 Å². The molecule has 0 saturated heterocycles. The van der Waals surface area contributed by atoms with Crippen LogP contribution in [0, 0.1) is 11.3 Å². The van der Waals surface area contributed by atoms with E-state index >= 15 is 0 Å². The molecule has 0 bridgehead atoms. The third-order valence-corrected chi connectivity index (χ3v) is 3.04. The van der Waals surface area contributed by atoms with Gasteiger partial charge in [0, 0.05) is 10.6 Å². The van der Waals surface area contributed by atoms with Crippen molar-refractivity contribution in [3.8, 4) is 6.07 Å². The highest BCUT2D eigenvalue weighted by molar-refractivity contribution is 7.99. The highest BCUT2D eigenvalue weighted by atomic mass is 35.5. The van der Waals surface area contributed by atoms with Crippen LogP contribution < -0.4 is 0 Å². The minimum atomic E-state index is -0.844. The summed E-state index contributed by atoms with van der Waals surface area (Å²) >= 11 is 7.15. The fourth-order valence-electron chi connectivity index (χ4n) is 0.981. The molecule has 1 aromatic carbocycles. The Labute approximate surface area is 96.7 Å². The number of carboxylic acid groups (broad SMARTS) is 1. The van der Waals surface area contributed by atoms with E-state index in [2.05, 4.69) is 0 Å². The van der Waals surface area contributed by atoms with Crippen molar-refractivity contribution in [3.05, 3.63) is 28.8 Å². The fraction of sp³-hybridized carbons (Fsp3) is 0.200. The summed E-state index contributed by atoms with van der Waals surface area (Å²) in [6, 6.07) is 7.15. The number of benzene rings is 1. The first-order chi connectivity index (χ1) is 7.15. The third-order valence-electron chi connectivity index (χ3n) is 1.66. The minimum absolute atomic E-state index is 0.0715. The van der Waals surface area contributed by atoms with Gasteiger partial charge in [0.1, 0.15) is 6.07 Å². The average molecular weight is 242 g/mol. The third kappa shape index (κ3) is 3.46. The molecule has 0 spiro atoms. The maximum Gasteiger partial charge on any atom is 0.304 e. The van der Waals surface area contributed by atoms with Crippen molar-refractivity contribution in [2.75, 3.05) is 5.75 Å². The number of hydrogen-bond acceptors (Lipinski definition) is 3. The molecular weight excluding hydrogens is 234 g/mol. The van der Waals surface area contributed by atoms with E-state index in [0.717, 1.165) is 4.90 Å². The Morgan fingerprint density at radius 1 is 1.60 bits per heavy atom. The van der Waals surface area contributed by atoms with Gasteiger partial charge >= 0.3 is 5.97 Å². The van der Waals surface area contributed by atoms with E-state index < -0.39 is 5.97 Å². The molecule has 0 saturated carbocycles. The molecule has 15 heavy (non-hydrogen) atoms. The van der Waals surface area contributed by atoms with Crippen LogP contribution in [0.1, 0.15) is 12.0 Å². The first-order valence-corrected chi connectivity index (χ1v) is 5.54. The molecule has 78 valence electrons. The van der Waals surface area contributed by atoms with Gasteiger partial charge in [0.25, 0.3) is 0 Å². The number of carbonyl (C=O) groups is 1. The summed E-state index contributed by atoms with van der Waals surface area (Å²) in [5.74, 6) is -0.410. The number of halogens is 1. The zero-order valence-corrected chi connectivity index (χ0v) is 9.31. The van der Waals surface area contributed by atoms with Gasteiger partial charge in [-0.15, -0.1) is 11.8 Å². The fourth-order valence-corrected chi connectivity index (χ4v) is 2.23. The van der Waals surface area contributed by atoms with Crippen LogP contribution >= 0.6 is 23.4 Å². The van der Waals surface area contributed by atoms with Crippen molar-refractivity contribution in [3.63, 3.8) is 0 Å². The van der Waals surface area contributed by atoms with E-state index in [1.807, 2.05) is 6.07 Å². The molecule has 0 aliphatic rings. The minimum Gasteiger partial charge on any atom is -0.481 e. The normalized spacial score (nSPS) is 9.60. The van der Waals surface area contributed by atoms with Gasteiger partial charge < -0.3 is 5.11 Å². The van der Waals surface area contributed by atoms with Gasteiger partial charge in [-0.3, -0.25) is 4.79 Å². The second kappa shape index (κ2) is 5.64. The molecule has 1 rings (SSSR count). The molecular formula is C10H8ClNO2S. The van der Waals surface area contributed by atoms with Crippen molar-refractivity contribution in [1.82, 2.24) is 0 Å². The van der Waals surface area contributed by atoms with Gasteiger partial charge in [-0.05, 0) is 12.1 Å². The molecule has 0 fully saturated rings. The molecule has 0 aliphatic heterocycles. The van der Waals surface area contributed by atoms with E-state index in [0.29, 0.717) is 16.3 Å². The quantitative estimate of drug-likeness (QED) is 0.824. The van der Waals surface area contributed by atoms with Gasteiger partial charge in [0.05, 0.1) is 17.0 Å². The van der Waals surface area contributed by atoms with Crippen LogP contribution in [0.15, 0.2) is 23.1 Å². The Bertz CT molecular complexity index is 414. The summed E-state index contributed by atoms with van der Waals surface area (Å²) in [6.07, 6.45) is 0.0715. The molecule has 5 heteroatoms. The van der Waals surface area contributed by atoms with Gasteiger partial charge in [0.15, 0.2) is 0 Å². The Kier molecular flexibility index (Phi) is 4.47. The lowest BCUT2D eigenvalue weighted by atomic mass is 10.2. The summed E-state index contributed by atoms with van der Waals surface area (Å²) in [5, 5.41) is 17.7. The molecule has 1 aromatic rings. The Balaban J connectivity index is 2.73. The van der Waals surface area contributed by atoms with E-state index in [4.69, 9.17) is 22.0 Å². The summed E-state index contributed by atoms with van der Waals surface area (Å²) in [7, 11) is 0. The summed E-state index contributed by atoms with van der Waals surface area (Å²) < 4.78 is 0. The van der Waals surface area contributed by atoms with Crippen molar-refractivity contribution in [1.29, 1.82) is 5.26 Å². The van der Waals surface area contributed by atoms with Gasteiger partial charge in [-0.1, -0.05) is 17.7 Å². The zero-order valence-electron chi connectivity index (χ0n) is 7.74. The van der Waals surface area contributed by atoms with Crippen molar-refractivity contribution in [2.24, 2.45) is 0 Å². The lowest BCUT2D eigenvalue weighted by Gasteiger charge is -2.03. The van der Waals surface area contributed by atoms with Gasteiger partial charge in [-0.2, -0.15) is 5.26 Å². The average Bonchev–Trinajstić information content (AvgIpc) is 2.17. The predicted octanol–water partition coefficient (Wildman–Crippen LogP) is 2.78. The van der Waals surface area contributed by atoms with Crippen LogP contribution in [0.2, 0.25) is 5.02 Å². The van der Waals surface area contributed by atoms with Crippen LogP contribution in [0.25, 0.3) is 0 Å². The molecule has 0 atom stereocenters. The Hall–Kier alpha value is -1.18. The molecule has 0 aliphatic carbocycles. The Morgan fingerprint density at radius 2 is 2.33 bits per heavy atom. The monoisotopic (exact) mass is 241 g/mol. The zero-order chi connectivity index (χ0) is 11.3. The number of carboxylic acids is 1. The molecule has 0 amide bonds. The largest absolute Gasteiger partial charge is 0.481 e. The molecule has 0 heterocycles. The highest BCUT2D eigenvalue weighted by Crippen LogP contribution is 2.27. The Morgan fingerprint density at radius 3 is 2.93 bits per heavy atom. The summed E-state index contributed by atoms with van der Waals surface area (Å²) in [6.45, 7) is 0. The smallest absolute Gasteiger partial charge is 0.304 e. The number of hydrogen-bond donors (Lipinski definition) is 1. The second-order valence-corrected chi connectivity index (χ2v) is 4.26. The number of aliphatic carboxylic acids is 1. The van der Waals surface area contributed by atoms with E-state index in [1.54, 1.807) is 18.2 Å². The summed E-state index contributed by atoms with van der Waals surface area (Å²) in [4.78, 5) is 11.0. The SMILES string of the molecule is N#Cc1c(Cl)cccc1SCCC(=O)O. The second-order valence-electron chi connectivity index (χ2n) is 2.72. The van der Waals surface area contributed by atoms with E-state index in [-0.39, 0.29) is 6.42 Å². The molecule has 0 aromatic heterocycles. The van der Waals surface area contributed by atoms with E-state index in [9.17, 15) is 4.79 Å². The molecule has 0 radical (unpaired) electrons. The standard InChI is InChI=1S/C10H8ClNO2S/c11-8-2-1-3-9(7(8)6-12)15-5-4-10(13)14/h1-3H,4-5H2,(H,13,14). The number of rotatable bonds is 4. The maximum atomic E-state index is 10.3. The highest BCUT2D eigenvalue weighted by Gasteiger charge is 2.07. The van der Waals surface area contributed by atoms with Crippen molar-refractivity contribution >= 4 is 29.3 Å². The molecule has 1 N–H and O–H groups in total. The first-order valence-electron chi connectivity index (χ1n) is 4.18. The first kappa shape index (κ1) is 11.9. The lowest BCUT2D eigenvalue weighted by Crippen LogP contribution is -1.96. The summed E-state index contributed by atoms with van der Waals surface area (Å²) in [5.41, 5.74) is 0.412.